The van der Waals surface area contributed by atoms with Crippen LogP contribution in [-0.2, 0) is 4.74 Å². The number of hydrogen-bond donors (Lipinski definition) is 1. The lowest BCUT2D eigenvalue weighted by Crippen LogP contribution is -2.10. The first kappa shape index (κ1) is 12.3. The molecule has 0 radical (unpaired) electrons. The Morgan fingerprint density at radius 3 is 2.67 bits per heavy atom. The molecule has 0 aliphatic rings. The highest BCUT2D eigenvalue weighted by Crippen LogP contribution is 2.31. The van der Waals surface area contributed by atoms with Gasteiger partial charge in [0, 0.05) is 17.7 Å². The Morgan fingerprint density at radius 2 is 2.13 bits per heavy atom. The molecule has 0 amide bonds. The zero-order valence-corrected chi connectivity index (χ0v) is 9.75. The molecular formula is C11H16ClNO2. The number of ether oxygens (including phenoxy) is 2. The van der Waals surface area contributed by atoms with Gasteiger partial charge in [-0.05, 0) is 31.2 Å². The Balaban J connectivity index is 3.02. The van der Waals surface area contributed by atoms with Gasteiger partial charge in [-0.15, -0.1) is 0 Å². The van der Waals surface area contributed by atoms with Crippen LogP contribution in [0.4, 0.5) is 0 Å². The first-order valence-electron chi connectivity index (χ1n) is 4.79. The summed E-state index contributed by atoms with van der Waals surface area (Å²) in [7, 11) is 3.28. The molecule has 2 N–H and O–H groups in total. The minimum Gasteiger partial charge on any atom is -0.496 e. The summed E-state index contributed by atoms with van der Waals surface area (Å²) >= 11 is 5.93. The number of benzene rings is 1. The van der Waals surface area contributed by atoms with Crippen molar-refractivity contribution in [2.24, 2.45) is 5.73 Å². The third-order valence-corrected chi connectivity index (χ3v) is 2.49. The number of nitrogens with two attached hydrogens (primary N) is 1. The normalized spacial score (nSPS) is 12.5. The van der Waals surface area contributed by atoms with Crippen LogP contribution in [0.2, 0.25) is 5.02 Å². The standard InChI is InChI=1S/C11H16ClNO2/c1-14-10-4-3-8(12)7-9(10)11(15-2)5-6-13/h3-4,7,11H,5-6,13H2,1-2H3. The minimum atomic E-state index is -0.0661. The van der Waals surface area contributed by atoms with Gasteiger partial charge in [-0.25, -0.2) is 0 Å². The topological polar surface area (TPSA) is 44.5 Å². The van der Waals surface area contributed by atoms with Gasteiger partial charge in [0.05, 0.1) is 13.2 Å². The summed E-state index contributed by atoms with van der Waals surface area (Å²) in [5.41, 5.74) is 6.46. The van der Waals surface area contributed by atoms with Crippen molar-refractivity contribution in [3.05, 3.63) is 28.8 Å². The Bertz CT molecular complexity index is 317. The molecule has 1 aromatic carbocycles. The molecule has 0 heterocycles. The Kier molecular flexibility index (Phi) is 4.88. The molecule has 1 aromatic rings. The predicted molar refractivity (Wildman–Crippen MR) is 61.4 cm³/mol. The van der Waals surface area contributed by atoms with E-state index in [1.807, 2.05) is 12.1 Å². The molecule has 4 heteroatoms. The van der Waals surface area contributed by atoms with E-state index in [9.17, 15) is 0 Å². The van der Waals surface area contributed by atoms with Gasteiger partial charge in [-0.2, -0.15) is 0 Å². The quantitative estimate of drug-likeness (QED) is 0.843. The van der Waals surface area contributed by atoms with Crippen molar-refractivity contribution in [1.29, 1.82) is 0 Å². The van der Waals surface area contributed by atoms with E-state index < -0.39 is 0 Å². The second-order valence-electron chi connectivity index (χ2n) is 3.19. The Labute approximate surface area is 95.1 Å². The molecule has 0 spiro atoms. The van der Waals surface area contributed by atoms with Crippen LogP contribution >= 0.6 is 11.6 Å². The van der Waals surface area contributed by atoms with Crippen molar-refractivity contribution in [2.45, 2.75) is 12.5 Å². The number of rotatable bonds is 5. The molecule has 84 valence electrons. The number of hydrogen-bond acceptors (Lipinski definition) is 3. The van der Waals surface area contributed by atoms with Gasteiger partial charge in [-0.3, -0.25) is 0 Å². The molecular weight excluding hydrogens is 214 g/mol. The highest BCUT2D eigenvalue weighted by Gasteiger charge is 2.15. The van der Waals surface area contributed by atoms with E-state index in [4.69, 9.17) is 26.8 Å². The number of halogens is 1. The SMILES string of the molecule is COc1ccc(Cl)cc1C(CCN)OC. The molecule has 0 saturated carbocycles. The fraction of sp³-hybridized carbons (Fsp3) is 0.455. The van der Waals surface area contributed by atoms with Crippen LogP contribution in [0.15, 0.2) is 18.2 Å². The van der Waals surface area contributed by atoms with Crippen LogP contribution in [0.3, 0.4) is 0 Å². The Hall–Kier alpha value is -0.770. The van der Waals surface area contributed by atoms with Crippen molar-refractivity contribution in [3.8, 4) is 5.75 Å². The lowest BCUT2D eigenvalue weighted by Gasteiger charge is -2.18. The average molecular weight is 230 g/mol. The molecule has 0 bridgehead atoms. The second-order valence-corrected chi connectivity index (χ2v) is 3.62. The van der Waals surface area contributed by atoms with Crippen molar-refractivity contribution < 1.29 is 9.47 Å². The molecule has 1 rings (SSSR count). The van der Waals surface area contributed by atoms with Crippen LogP contribution < -0.4 is 10.5 Å². The van der Waals surface area contributed by atoms with Crippen LogP contribution in [0.5, 0.6) is 5.75 Å². The lowest BCUT2D eigenvalue weighted by atomic mass is 10.1. The average Bonchev–Trinajstić information content (AvgIpc) is 2.26. The molecule has 1 unspecified atom stereocenters. The van der Waals surface area contributed by atoms with Crippen molar-refractivity contribution in [3.63, 3.8) is 0 Å². The summed E-state index contributed by atoms with van der Waals surface area (Å²) in [6.07, 6.45) is 0.677. The second kappa shape index (κ2) is 5.95. The molecule has 0 aliphatic heterocycles. The summed E-state index contributed by atoms with van der Waals surface area (Å²) < 4.78 is 10.6. The molecule has 0 aromatic heterocycles. The van der Waals surface area contributed by atoms with Crippen LogP contribution in [0.1, 0.15) is 18.1 Å². The summed E-state index contributed by atoms with van der Waals surface area (Å²) in [5, 5.41) is 0.671. The predicted octanol–water partition coefficient (Wildman–Crippen LogP) is 2.38. The maximum Gasteiger partial charge on any atom is 0.124 e. The van der Waals surface area contributed by atoms with E-state index >= 15 is 0 Å². The minimum absolute atomic E-state index is 0.0661. The Morgan fingerprint density at radius 1 is 1.40 bits per heavy atom. The summed E-state index contributed by atoms with van der Waals surface area (Å²) in [5.74, 6) is 0.778. The molecule has 3 nitrogen and oxygen atoms in total. The molecule has 0 fully saturated rings. The van der Waals surface area contributed by atoms with Gasteiger partial charge in [0.1, 0.15) is 5.75 Å². The van der Waals surface area contributed by atoms with Gasteiger partial charge in [0.15, 0.2) is 0 Å². The van der Waals surface area contributed by atoms with Crippen LogP contribution in [-0.4, -0.2) is 20.8 Å². The highest BCUT2D eigenvalue weighted by molar-refractivity contribution is 6.30. The first-order valence-corrected chi connectivity index (χ1v) is 5.17. The van der Waals surface area contributed by atoms with E-state index in [0.717, 1.165) is 17.7 Å². The van der Waals surface area contributed by atoms with Gasteiger partial charge in [0.25, 0.3) is 0 Å². The zero-order valence-electron chi connectivity index (χ0n) is 9.00. The molecule has 0 saturated heterocycles. The maximum atomic E-state index is 5.93. The van der Waals surface area contributed by atoms with Crippen molar-refractivity contribution >= 4 is 11.6 Å². The smallest absolute Gasteiger partial charge is 0.124 e. The summed E-state index contributed by atoms with van der Waals surface area (Å²) in [6.45, 7) is 0.564. The fourth-order valence-corrected chi connectivity index (χ4v) is 1.69. The molecule has 1 atom stereocenters. The summed E-state index contributed by atoms with van der Waals surface area (Å²) in [6, 6.07) is 5.48. The third kappa shape index (κ3) is 3.09. The van der Waals surface area contributed by atoms with Crippen LogP contribution in [0.25, 0.3) is 0 Å². The van der Waals surface area contributed by atoms with E-state index in [-0.39, 0.29) is 6.10 Å². The molecule has 0 aliphatic carbocycles. The monoisotopic (exact) mass is 229 g/mol. The van der Waals surface area contributed by atoms with E-state index in [0.29, 0.717) is 11.6 Å². The third-order valence-electron chi connectivity index (χ3n) is 2.25. The highest BCUT2D eigenvalue weighted by atomic mass is 35.5. The first-order chi connectivity index (χ1) is 7.22. The zero-order chi connectivity index (χ0) is 11.3. The van der Waals surface area contributed by atoms with Gasteiger partial charge in [0.2, 0.25) is 0 Å². The van der Waals surface area contributed by atoms with Crippen molar-refractivity contribution in [1.82, 2.24) is 0 Å². The fourth-order valence-electron chi connectivity index (χ4n) is 1.51. The van der Waals surface area contributed by atoms with Crippen molar-refractivity contribution in [2.75, 3.05) is 20.8 Å². The van der Waals surface area contributed by atoms with E-state index in [1.54, 1.807) is 20.3 Å². The van der Waals surface area contributed by atoms with E-state index in [1.165, 1.54) is 0 Å². The van der Waals surface area contributed by atoms with Crippen LogP contribution in [0, 0.1) is 0 Å². The van der Waals surface area contributed by atoms with E-state index in [2.05, 4.69) is 0 Å². The summed E-state index contributed by atoms with van der Waals surface area (Å²) in [4.78, 5) is 0. The number of methoxy groups -OCH3 is 2. The lowest BCUT2D eigenvalue weighted by molar-refractivity contribution is 0.0954. The maximum absolute atomic E-state index is 5.93. The van der Waals surface area contributed by atoms with Gasteiger partial charge >= 0.3 is 0 Å². The largest absolute Gasteiger partial charge is 0.496 e. The van der Waals surface area contributed by atoms with Gasteiger partial charge < -0.3 is 15.2 Å². The molecule has 15 heavy (non-hydrogen) atoms. The van der Waals surface area contributed by atoms with Gasteiger partial charge in [-0.1, -0.05) is 11.6 Å².